The van der Waals surface area contributed by atoms with Gasteiger partial charge in [-0.3, -0.25) is 4.90 Å². The molecule has 1 atom stereocenters. The Morgan fingerprint density at radius 3 is 2.44 bits per heavy atom. The highest BCUT2D eigenvalue weighted by molar-refractivity contribution is 7.88. The average Bonchev–Trinajstić information content (AvgIpc) is 3.14. The van der Waals surface area contributed by atoms with Gasteiger partial charge in [-0.2, -0.15) is 21.6 Å². The minimum Gasteiger partial charge on any atom is -0.495 e. The number of ether oxygens (including phenoxy) is 3. The number of carbonyl (C=O) groups is 2. The van der Waals surface area contributed by atoms with Gasteiger partial charge in [0, 0.05) is 22.6 Å². The zero-order valence-corrected chi connectivity index (χ0v) is 23.4. The van der Waals surface area contributed by atoms with E-state index in [-0.39, 0.29) is 51.5 Å². The number of aromatic nitrogens is 1. The Kier molecular flexibility index (Phi) is 8.32. The first-order valence-electron chi connectivity index (χ1n) is 11.5. The Hall–Kier alpha value is -3.26. The highest BCUT2D eigenvalue weighted by Crippen LogP contribution is 2.47. The summed E-state index contributed by atoms with van der Waals surface area (Å²) in [5, 5.41) is 0.197. The fourth-order valence-electron chi connectivity index (χ4n) is 3.92. The van der Waals surface area contributed by atoms with E-state index in [9.17, 15) is 31.2 Å². The van der Waals surface area contributed by atoms with Gasteiger partial charge in [0.15, 0.2) is 0 Å². The summed E-state index contributed by atoms with van der Waals surface area (Å²) in [5.41, 5.74) is -6.59. The zero-order chi connectivity index (χ0) is 29.5. The molecule has 1 aliphatic rings. The normalized spacial score (nSPS) is 15.9. The third-order valence-electron chi connectivity index (χ3n) is 5.53. The van der Waals surface area contributed by atoms with Crippen LogP contribution in [-0.2, 0) is 30.9 Å². The molecule has 0 aliphatic carbocycles. The number of halogens is 4. The molecule has 0 unspecified atom stereocenters. The minimum absolute atomic E-state index is 0.0130. The molecular weight excluding hydrogens is 569 g/mol. The Morgan fingerprint density at radius 2 is 1.90 bits per heavy atom. The second kappa shape index (κ2) is 10.7. The van der Waals surface area contributed by atoms with Crippen molar-refractivity contribution in [2.24, 2.45) is 0 Å². The number of esters is 1. The lowest BCUT2D eigenvalue weighted by atomic mass is 9.98. The van der Waals surface area contributed by atoms with Gasteiger partial charge in [-0.05, 0) is 52.3 Å². The minimum atomic E-state index is -6.14. The summed E-state index contributed by atoms with van der Waals surface area (Å²) in [6.07, 6.45) is 1.42. The molecule has 15 heteroatoms. The van der Waals surface area contributed by atoms with E-state index < -0.39 is 45.2 Å². The van der Waals surface area contributed by atoms with Crippen molar-refractivity contribution in [1.29, 1.82) is 0 Å². The second-order valence-electron chi connectivity index (χ2n) is 9.36. The number of pyridine rings is 1. The smallest absolute Gasteiger partial charge is 0.495 e. The third-order valence-corrected chi connectivity index (χ3v) is 6.87. The van der Waals surface area contributed by atoms with Gasteiger partial charge >= 0.3 is 27.7 Å². The second-order valence-corrected chi connectivity index (χ2v) is 11.3. The first kappa shape index (κ1) is 30.3. The van der Waals surface area contributed by atoms with E-state index in [0.717, 1.165) is 6.08 Å². The predicted octanol–water partition coefficient (Wildman–Crippen LogP) is 5.51. The average molecular weight is 595 g/mol. The van der Waals surface area contributed by atoms with Crippen molar-refractivity contribution in [3.63, 3.8) is 0 Å². The molecule has 0 N–H and O–H groups in total. The number of methoxy groups -OCH3 is 1. The van der Waals surface area contributed by atoms with E-state index in [2.05, 4.69) is 9.17 Å². The van der Waals surface area contributed by atoms with Gasteiger partial charge in [0.05, 0.1) is 36.8 Å². The van der Waals surface area contributed by atoms with Gasteiger partial charge in [-0.25, -0.2) is 14.6 Å². The molecule has 2 aromatic rings. The van der Waals surface area contributed by atoms with Crippen LogP contribution in [0.25, 0.3) is 17.0 Å². The molecule has 0 radical (unpaired) electrons. The molecule has 1 aliphatic heterocycles. The molecular formula is C24H26ClF3N2O8S. The maximum absolute atomic E-state index is 13.3. The molecule has 0 bridgehead atoms. The van der Waals surface area contributed by atoms with Crippen LogP contribution in [0.15, 0.2) is 12.1 Å². The number of rotatable bonds is 6. The number of alkyl halides is 3. The van der Waals surface area contributed by atoms with Gasteiger partial charge in [0.25, 0.3) is 0 Å². The fourth-order valence-corrected chi connectivity index (χ4v) is 4.64. The van der Waals surface area contributed by atoms with Crippen molar-refractivity contribution in [1.82, 2.24) is 9.88 Å². The molecule has 10 nitrogen and oxygen atoms in total. The first-order valence-corrected chi connectivity index (χ1v) is 13.3. The van der Waals surface area contributed by atoms with E-state index in [1.54, 1.807) is 34.6 Å². The van der Waals surface area contributed by atoms with Crippen molar-refractivity contribution in [2.75, 3.05) is 13.7 Å². The lowest BCUT2D eigenvalue weighted by Gasteiger charge is -2.27. The molecule has 1 aromatic heterocycles. The van der Waals surface area contributed by atoms with Crippen LogP contribution in [0.2, 0.25) is 5.02 Å². The van der Waals surface area contributed by atoms with E-state index in [1.165, 1.54) is 24.2 Å². The van der Waals surface area contributed by atoms with Crippen LogP contribution in [0.1, 0.15) is 57.4 Å². The molecule has 0 fully saturated rings. The third kappa shape index (κ3) is 6.16. The lowest BCUT2D eigenvalue weighted by molar-refractivity contribution is -0.137. The van der Waals surface area contributed by atoms with Crippen LogP contribution in [0.3, 0.4) is 0 Å². The fraction of sp³-hybridized carbons (Fsp3) is 0.458. The number of nitrogens with zero attached hydrogens (tertiary/aromatic N) is 2. The number of benzene rings is 1. The van der Waals surface area contributed by atoms with Crippen LogP contribution in [0, 0.1) is 0 Å². The monoisotopic (exact) mass is 594 g/mol. The molecule has 0 saturated heterocycles. The summed E-state index contributed by atoms with van der Waals surface area (Å²) in [6, 6.07) is 0.617. The summed E-state index contributed by atoms with van der Waals surface area (Å²) in [5.74, 6) is -1.53. The topological polar surface area (TPSA) is 121 Å². The van der Waals surface area contributed by atoms with Gasteiger partial charge in [-0.1, -0.05) is 11.6 Å². The standard InChI is InChI=1S/C24H26ClF3N2O8S/c1-7-36-17(31)9-8-13-19(25)16(35-6)10-14-18-12(2)30(22(32)37-23(3,4)5)11-15(18)21(29-20(13)14)38-39(33,34)24(26,27)28/h8-10,12H,7,11H2,1-6H3/b9-8+/t12-/m0/s1. The summed E-state index contributed by atoms with van der Waals surface area (Å²) >= 11 is 6.45. The summed E-state index contributed by atoms with van der Waals surface area (Å²) in [7, 11) is -4.82. The van der Waals surface area contributed by atoms with E-state index >= 15 is 0 Å². The molecule has 2 heterocycles. The van der Waals surface area contributed by atoms with Gasteiger partial charge in [0.2, 0.25) is 5.88 Å². The molecule has 214 valence electrons. The van der Waals surface area contributed by atoms with Crippen LogP contribution >= 0.6 is 11.6 Å². The van der Waals surface area contributed by atoms with E-state index in [1.807, 2.05) is 0 Å². The van der Waals surface area contributed by atoms with Crippen LogP contribution in [0.5, 0.6) is 11.6 Å². The number of hydrogen-bond acceptors (Lipinski definition) is 9. The summed E-state index contributed by atoms with van der Waals surface area (Å²) in [6.45, 7) is 7.78. The van der Waals surface area contributed by atoms with Crippen LogP contribution in [0.4, 0.5) is 18.0 Å². The Labute approximate surface area is 227 Å². The van der Waals surface area contributed by atoms with Gasteiger partial charge in [-0.15, -0.1) is 0 Å². The number of carbonyl (C=O) groups excluding carboxylic acids is 2. The number of fused-ring (bicyclic) bond motifs is 3. The maximum Gasteiger partial charge on any atom is 0.534 e. The van der Waals surface area contributed by atoms with Gasteiger partial charge < -0.3 is 18.4 Å². The zero-order valence-electron chi connectivity index (χ0n) is 21.8. The molecule has 39 heavy (non-hydrogen) atoms. The quantitative estimate of drug-likeness (QED) is 0.184. The van der Waals surface area contributed by atoms with Gasteiger partial charge in [0.1, 0.15) is 11.4 Å². The predicted molar refractivity (Wildman–Crippen MR) is 135 cm³/mol. The van der Waals surface area contributed by atoms with Crippen molar-refractivity contribution in [3.8, 4) is 11.6 Å². The molecule has 1 aromatic carbocycles. The first-order chi connectivity index (χ1) is 17.9. The lowest BCUT2D eigenvalue weighted by Crippen LogP contribution is -2.35. The Balaban J connectivity index is 2.35. The van der Waals surface area contributed by atoms with Crippen molar-refractivity contribution >= 4 is 50.8 Å². The largest absolute Gasteiger partial charge is 0.534 e. The van der Waals surface area contributed by atoms with Crippen molar-refractivity contribution in [2.45, 2.75) is 58.3 Å². The Bertz CT molecular complexity index is 1450. The molecule has 1 amide bonds. The van der Waals surface area contributed by atoms with Crippen molar-refractivity contribution in [3.05, 3.63) is 33.9 Å². The van der Waals surface area contributed by atoms with Crippen LogP contribution < -0.4 is 8.92 Å². The highest BCUT2D eigenvalue weighted by atomic mass is 35.5. The molecule has 0 saturated carbocycles. The SMILES string of the molecule is CCOC(=O)/C=C/c1c(Cl)c(OC)cc2c3c(c(OS(=O)(=O)C(F)(F)F)nc12)CN(C(=O)OC(C)(C)C)[C@H]3C. The number of amides is 1. The summed E-state index contributed by atoms with van der Waals surface area (Å²) in [4.78, 5) is 30.2. The number of hydrogen-bond donors (Lipinski definition) is 0. The van der Waals surface area contributed by atoms with E-state index in [0.29, 0.717) is 0 Å². The van der Waals surface area contributed by atoms with Crippen LogP contribution in [-0.4, -0.2) is 55.2 Å². The van der Waals surface area contributed by atoms with Crippen molar-refractivity contribution < 1.29 is 49.6 Å². The summed E-state index contributed by atoms with van der Waals surface area (Å²) < 4.78 is 83.8. The Morgan fingerprint density at radius 1 is 1.26 bits per heavy atom. The molecule has 0 spiro atoms. The maximum atomic E-state index is 13.3. The highest BCUT2D eigenvalue weighted by Gasteiger charge is 2.50. The van der Waals surface area contributed by atoms with E-state index in [4.69, 9.17) is 25.8 Å². The molecule has 3 rings (SSSR count).